The normalized spacial score (nSPS) is 30.9. The van der Waals surface area contributed by atoms with Gasteiger partial charge in [-0.1, -0.05) is 45.9 Å². The summed E-state index contributed by atoms with van der Waals surface area (Å²) in [5, 5.41) is 22.8. The van der Waals surface area contributed by atoms with E-state index in [9.17, 15) is 15.0 Å². The van der Waals surface area contributed by atoms with Crippen LogP contribution in [0.3, 0.4) is 0 Å². The summed E-state index contributed by atoms with van der Waals surface area (Å²) in [6.45, 7) is 12.3. The zero-order chi connectivity index (χ0) is 50.6. The number of phenols is 2. The SMILES string of the molecule is CNC.COc1cc(C=O)ccc1OCC[C@H]1CCC2C3C(CCC21C)c1ccc(O)cc1C[C@H]3C.COc1cc(CN(C)C)ccc1OCC[C@H]1CCC2C3C(CCC21C)c1ccc(O)cc1C[C@H]3C. The number of nitrogens with one attached hydrogen (secondary N) is 1. The van der Waals surface area contributed by atoms with Gasteiger partial charge in [-0.05, 0) is 258 Å². The first kappa shape index (κ1) is 52.6. The van der Waals surface area contributed by atoms with Crippen LogP contribution >= 0.6 is 0 Å². The molecule has 4 fully saturated rings. The van der Waals surface area contributed by atoms with E-state index in [4.69, 9.17) is 18.9 Å². The summed E-state index contributed by atoms with van der Waals surface area (Å²) < 4.78 is 23.5. The quantitative estimate of drug-likeness (QED) is 0.113. The van der Waals surface area contributed by atoms with Crippen LogP contribution in [0, 0.1) is 58.2 Å². The first-order chi connectivity index (χ1) is 34.2. The molecule has 4 aromatic rings. The Bertz CT molecular complexity index is 2440. The third kappa shape index (κ3) is 10.8. The Morgan fingerprint density at radius 1 is 0.634 bits per heavy atom. The maximum Gasteiger partial charge on any atom is 0.161 e. The topological polar surface area (TPSA) is 110 Å². The third-order valence-corrected chi connectivity index (χ3v) is 19.0. The van der Waals surface area contributed by atoms with Crippen LogP contribution < -0.4 is 24.3 Å². The lowest BCUT2D eigenvalue weighted by Gasteiger charge is -2.53. The maximum absolute atomic E-state index is 11.0. The number of fused-ring (bicyclic) bond motifs is 10. The second kappa shape index (κ2) is 22.6. The molecule has 0 aromatic heterocycles. The zero-order valence-electron chi connectivity index (χ0n) is 44.8. The van der Waals surface area contributed by atoms with Gasteiger partial charge in [0.05, 0.1) is 27.4 Å². The van der Waals surface area contributed by atoms with Crippen LogP contribution in [0.5, 0.6) is 34.5 Å². The van der Waals surface area contributed by atoms with Crippen LogP contribution in [0.4, 0.5) is 0 Å². The molecule has 0 spiro atoms. The fourth-order valence-electron chi connectivity index (χ4n) is 15.9. The number of rotatable bonds is 13. The highest BCUT2D eigenvalue weighted by molar-refractivity contribution is 5.76. The molecule has 0 heterocycles. The number of aldehydes is 1. The standard InChI is InChI=1S/C31H43NO3.C29H36O4.C2H7N/c1-20-16-22-18-24(33)8-9-25(22)26-12-14-31(2)23(7-10-27(31)30(20)26)13-15-35-28-11-6-21(19-32(3)4)17-29(28)34-5;1-18-14-20-16-22(31)6-7-23(20)24-10-12-29(2)21(5-8-25(29)28(18)24)11-13-33-26-9-4-19(17-30)15-27(26)32-3;1-3-2/h6,8-9,11,17-18,20,23,26-27,30,33H,7,10,12-16,19H2,1-5H3;4,6-7,9,15-18,21,24-25,28,31H,5,8,10-14H2,1-3H3;3H,1-2H3/t20-,23-,26?,27?,30?,31?;18-,21-,24?,25?,28?,29?;/m11./s1. The molecule has 0 saturated heterocycles. The Morgan fingerprint density at radius 2 is 1.10 bits per heavy atom. The summed E-state index contributed by atoms with van der Waals surface area (Å²) in [6.07, 6.45) is 15.6. The van der Waals surface area contributed by atoms with Crippen molar-refractivity contribution in [1.82, 2.24) is 10.2 Å². The predicted molar refractivity (Wildman–Crippen MR) is 285 cm³/mol. The van der Waals surface area contributed by atoms with Crippen LogP contribution in [-0.4, -0.2) is 77.0 Å². The molecule has 71 heavy (non-hydrogen) atoms. The van der Waals surface area contributed by atoms with E-state index in [0.29, 0.717) is 75.6 Å². The number of nitrogens with zero attached hydrogens (tertiary/aromatic N) is 1. The Kier molecular flexibility index (Phi) is 16.7. The molecule has 6 aliphatic rings. The van der Waals surface area contributed by atoms with Crippen LogP contribution in [0.2, 0.25) is 0 Å². The number of ether oxygens (including phenoxy) is 4. The number of benzene rings is 4. The Labute approximate surface area is 426 Å². The number of carbonyl (C=O) groups excluding carboxylic acids is 1. The van der Waals surface area contributed by atoms with E-state index in [2.05, 4.69) is 82.3 Å². The van der Waals surface area contributed by atoms with Gasteiger partial charge in [-0.2, -0.15) is 0 Å². The highest BCUT2D eigenvalue weighted by Gasteiger charge is 2.57. The minimum atomic E-state index is 0.374. The summed E-state index contributed by atoms with van der Waals surface area (Å²) in [4.78, 5) is 13.2. The van der Waals surface area contributed by atoms with Crippen molar-refractivity contribution in [2.24, 2.45) is 58.2 Å². The van der Waals surface area contributed by atoms with Crippen molar-refractivity contribution < 1.29 is 34.0 Å². The summed E-state index contributed by atoms with van der Waals surface area (Å²) in [5.74, 6) is 10.9. The van der Waals surface area contributed by atoms with Crippen molar-refractivity contribution in [3.05, 3.63) is 106 Å². The number of aromatic hydroxyl groups is 2. The van der Waals surface area contributed by atoms with Crippen LogP contribution in [-0.2, 0) is 19.4 Å². The highest BCUT2D eigenvalue weighted by atomic mass is 16.5. The number of hydrogen-bond donors (Lipinski definition) is 3. The van der Waals surface area contributed by atoms with Crippen molar-refractivity contribution in [1.29, 1.82) is 0 Å². The molecule has 10 rings (SSSR count). The minimum absolute atomic E-state index is 0.374. The van der Waals surface area contributed by atoms with Crippen molar-refractivity contribution in [2.75, 3.05) is 55.6 Å². The molecule has 8 unspecified atom stereocenters. The summed E-state index contributed by atoms with van der Waals surface area (Å²) >= 11 is 0. The minimum Gasteiger partial charge on any atom is -0.508 e. The monoisotopic (exact) mass is 971 g/mol. The fourth-order valence-corrected chi connectivity index (χ4v) is 15.9. The number of methoxy groups -OCH3 is 2. The Balaban J connectivity index is 0.000000181. The average Bonchev–Trinajstić information content (AvgIpc) is 3.87. The molecule has 6 aliphatic carbocycles. The number of phenolic OH excluding ortho intramolecular Hbond substituents is 2. The van der Waals surface area contributed by atoms with E-state index < -0.39 is 0 Å². The van der Waals surface area contributed by atoms with E-state index >= 15 is 0 Å². The smallest absolute Gasteiger partial charge is 0.161 e. The molecule has 0 bridgehead atoms. The fraction of sp³-hybridized carbons (Fsp3) is 0.597. The predicted octanol–water partition coefficient (Wildman–Crippen LogP) is 12.9. The first-order valence-electron chi connectivity index (χ1n) is 27.1. The lowest BCUT2D eigenvalue weighted by molar-refractivity contribution is 0.000862. The first-order valence-corrected chi connectivity index (χ1v) is 27.1. The van der Waals surface area contributed by atoms with Gasteiger partial charge in [0, 0.05) is 12.1 Å². The van der Waals surface area contributed by atoms with Gasteiger partial charge >= 0.3 is 0 Å². The van der Waals surface area contributed by atoms with Crippen LogP contribution in [0.25, 0.3) is 0 Å². The third-order valence-electron chi connectivity index (χ3n) is 19.0. The van der Waals surface area contributed by atoms with E-state index in [1.54, 1.807) is 26.4 Å². The van der Waals surface area contributed by atoms with E-state index in [-0.39, 0.29) is 0 Å². The largest absolute Gasteiger partial charge is 0.508 e. The van der Waals surface area contributed by atoms with Gasteiger partial charge in [0.25, 0.3) is 0 Å². The number of hydrogen-bond acceptors (Lipinski definition) is 9. The van der Waals surface area contributed by atoms with Crippen LogP contribution in [0.1, 0.15) is 142 Å². The molecule has 4 saturated carbocycles. The Hall–Kier alpha value is -4.73. The van der Waals surface area contributed by atoms with Crippen LogP contribution in [0.15, 0.2) is 72.8 Å². The second-order valence-electron chi connectivity index (χ2n) is 23.4. The molecule has 9 heteroatoms. The molecule has 0 amide bonds. The summed E-state index contributed by atoms with van der Waals surface area (Å²) in [5.41, 5.74) is 8.38. The van der Waals surface area contributed by atoms with Crippen molar-refractivity contribution in [3.8, 4) is 34.5 Å². The van der Waals surface area contributed by atoms with Crippen molar-refractivity contribution in [2.45, 2.75) is 123 Å². The molecule has 9 nitrogen and oxygen atoms in total. The summed E-state index contributed by atoms with van der Waals surface area (Å²) in [6, 6.07) is 23.9. The van der Waals surface area contributed by atoms with Gasteiger partial charge in [-0.15, -0.1) is 0 Å². The second-order valence-corrected chi connectivity index (χ2v) is 23.4. The Morgan fingerprint density at radius 3 is 1.55 bits per heavy atom. The van der Waals surface area contributed by atoms with Gasteiger partial charge in [0.15, 0.2) is 23.0 Å². The van der Waals surface area contributed by atoms with Gasteiger partial charge < -0.3 is 39.4 Å². The van der Waals surface area contributed by atoms with E-state index in [1.807, 2.05) is 44.4 Å². The molecule has 0 radical (unpaired) electrons. The van der Waals surface area contributed by atoms with Gasteiger partial charge in [0.1, 0.15) is 17.8 Å². The molecule has 4 aromatic carbocycles. The molecule has 3 N–H and O–H groups in total. The van der Waals surface area contributed by atoms with E-state index in [0.717, 1.165) is 86.2 Å². The van der Waals surface area contributed by atoms with Gasteiger partial charge in [-0.3, -0.25) is 4.79 Å². The lowest BCUT2D eigenvalue weighted by Crippen LogP contribution is -2.45. The molecule has 0 aliphatic heterocycles. The zero-order valence-corrected chi connectivity index (χ0v) is 44.8. The summed E-state index contributed by atoms with van der Waals surface area (Å²) in [7, 11) is 11.3. The maximum atomic E-state index is 11.0. The highest BCUT2D eigenvalue weighted by Crippen LogP contribution is 2.66. The lowest BCUT2D eigenvalue weighted by atomic mass is 9.51. The van der Waals surface area contributed by atoms with Gasteiger partial charge in [-0.25, -0.2) is 0 Å². The number of carbonyl (C=O) groups is 1. The molecular formula is C62H86N2O7. The molecular weight excluding hydrogens is 885 g/mol. The average molecular weight is 971 g/mol. The van der Waals surface area contributed by atoms with Crippen molar-refractivity contribution in [3.63, 3.8) is 0 Å². The molecule has 12 atom stereocenters. The van der Waals surface area contributed by atoms with E-state index in [1.165, 1.54) is 79.2 Å². The molecule has 386 valence electrons. The van der Waals surface area contributed by atoms with Gasteiger partial charge in [0.2, 0.25) is 0 Å². The van der Waals surface area contributed by atoms with Crippen molar-refractivity contribution >= 4 is 6.29 Å².